The molecular weight excluding hydrogens is 292 g/mol. The van der Waals surface area contributed by atoms with Gasteiger partial charge < -0.3 is 15.1 Å². The molecule has 0 aliphatic carbocycles. The summed E-state index contributed by atoms with van der Waals surface area (Å²) < 4.78 is 1.47. The standard InChI is InChI=1S/C7H8N4O2.C5H8N2O2/c1-3-4-5(11(2)10-3)6(12)9-7(13)8-4;1-7-3-2-4(8)6-5(7)9/h1-2H3,(H2,8,9,12,13);2-3H2,1H3,(H,6,8,9). The number of hydrogen-bond donors (Lipinski definition) is 3. The van der Waals surface area contributed by atoms with Crippen molar-refractivity contribution in [3.8, 4) is 11.9 Å². The number of imide groups is 1. The van der Waals surface area contributed by atoms with Gasteiger partial charge in [-0.25, -0.2) is 4.79 Å². The van der Waals surface area contributed by atoms with E-state index < -0.39 is 6.01 Å². The molecule has 3 heterocycles. The molecule has 118 valence electrons. The average Bonchev–Trinajstić information content (AvgIpc) is 2.70. The van der Waals surface area contributed by atoms with Crippen molar-refractivity contribution < 1.29 is 19.8 Å². The van der Waals surface area contributed by atoms with Crippen LogP contribution in [-0.4, -0.2) is 60.4 Å². The quantitative estimate of drug-likeness (QED) is 0.605. The van der Waals surface area contributed by atoms with Gasteiger partial charge in [0, 0.05) is 27.1 Å². The number of rotatable bonds is 0. The molecule has 0 saturated carbocycles. The fourth-order valence-corrected chi connectivity index (χ4v) is 1.95. The van der Waals surface area contributed by atoms with Gasteiger partial charge in [-0.3, -0.25) is 14.8 Å². The second-order valence-corrected chi connectivity index (χ2v) is 4.78. The summed E-state index contributed by atoms with van der Waals surface area (Å²) in [5.74, 6) is -0.441. The Morgan fingerprint density at radius 2 is 1.86 bits per heavy atom. The highest BCUT2D eigenvalue weighted by molar-refractivity contribution is 5.96. The lowest BCUT2D eigenvalue weighted by Gasteiger charge is -2.21. The molecule has 2 aromatic heterocycles. The summed E-state index contributed by atoms with van der Waals surface area (Å²) in [5.41, 5.74) is 1.54. The number of nitrogens with zero attached hydrogens (tertiary/aromatic N) is 5. The molecule has 1 saturated heterocycles. The Morgan fingerprint density at radius 1 is 1.18 bits per heavy atom. The molecule has 3 rings (SSSR count). The second-order valence-electron chi connectivity index (χ2n) is 4.78. The molecule has 1 fully saturated rings. The fraction of sp³-hybridized carbons (Fsp3) is 0.417. The van der Waals surface area contributed by atoms with Crippen molar-refractivity contribution in [1.29, 1.82) is 0 Å². The van der Waals surface area contributed by atoms with Gasteiger partial charge in [0.1, 0.15) is 11.0 Å². The van der Waals surface area contributed by atoms with Crippen molar-refractivity contribution in [2.24, 2.45) is 7.05 Å². The van der Waals surface area contributed by atoms with E-state index in [-0.39, 0.29) is 17.8 Å². The van der Waals surface area contributed by atoms with Gasteiger partial charge in [0.25, 0.3) is 0 Å². The lowest BCUT2D eigenvalue weighted by atomic mass is 10.3. The highest BCUT2D eigenvalue weighted by Gasteiger charge is 2.18. The van der Waals surface area contributed by atoms with Crippen molar-refractivity contribution >= 4 is 23.0 Å². The summed E-state index contributed by atoms with van der Waals surface area (Å²) in [7, 11) is 3.33. The maximum atomic E-state index is 10.6. The van der Waals surface area contributed by atoms with E-state index in [0.717, 1.165) is 0 Å². The molecule has 0 radical (unpaired) electrons. The molecule has 0 aromatic carbocycles. The van der Waals surface area contributed by atoms with E-state index in [0.29, 0.717) is 29.7 Å². The Bertz CT molecular complexity index is 741. The van der Waals surface area contributed by atoms with Crippen LogP contribution in [0.15, 0.2) is 0 Å². The molecule has 1 aliphatic heterocycles. The van der Waals surface area contributed by atoms with Gasteiger partial charge in [-0.2, -0.15) is 15.1 Å². The van der Waals surface area contributed by atoms with Gasteiger partial charge >= 0.3 is 12.0 Å². The normalized spacial score (nSPS) is 14.6. The van der Waals surface area contributed by atoms with E-state index >= 15 is 0 Å². The van der Waals surface area contributed by atoms with E-state index in [2.05, 4.69) is 20.4 Å². The molecule has 0 spiro atoms. The van der Waals surface area contributed by atoms with Crippen LogP contribution in [0.25, 0.3) is 11.0 Å². The van der Waals surface area contributed by atoms with E-state index in [1.807, 2.05) is 0 Å². The van der Waals surface area contributed by atoms with Gasteiger partial charge in [0.2, 0.25) is 11.8 Å². The first-order valence-corrected chi connectivity index (χ1v) is 6.43. The number of fused-ring (bicyclic) bond motifs is 1. The number of hydrogen-bond acceptors (Lipinski definition) is 7. The van der Waals surface area contributed by atoms with Crippen molar-refractivity contribution in [2.75, 3.05) is 13.6 Å². The van der Waals surface area contributed by atoms with Crippen LogP contribution in [0.5, 0.6) is 11.9 Å². The minimum absolute atomic E-state index is 0.182. The third-order valence-electron chi connectivity index (χ3n) is 3.09. The van der Waals surface area contributed by atoms with Crippen LogP contribution >= 0.6 is 0 Å². The summed E-state index contributed by atoms with van der Waals surface area (Å²) >= 11 is 0. The molecule has 0 bridgehead atoms. The Kier molecular flexibility index (Phi) is 4.11. The highest BCUT2D eigenvalue weighted by atomic mass is 16.3. The lowest BCUT2D eigenvalue weighted by molar-refractivity contribution is -0.121. The first-order valence-electron chi connectivity index (χ1n) is 6.43. The number of amides is 3. The molecule has 3 amide bonds. The SMILES string of the molecule is CN1CCC(=O)NC1=O.Cc1nn(C)c2c(O)nc(O)nc12. The predicted octanol–water partition coefficient (Wildman–Crippen LogP) is -0.359. The minimum atomic E-state index is -0.443. The first-order chi connectivity index (χ1) is 10.3. The zero-order chi connectivity index (χ0) is 16.4. The smallest absolute Gasteiger partial charge is 0.323 e. The van der Waals surface area contributed by atoms with Crippen LogP contribution in [0.2, 0.25) is 0 Å². The molecule has 2 aromatic rings. The molecule has 0 unspecified atom stereocenters. The second kappa shape index (κ2) is 5.84. The summed E-state index contributed by atoms with van der Waals surface area (Å²) in [4.78, 5) is 29.7. The average molecular weight is 308 g/mol. The number of carbonyl (C=O) groups excluding carboxylic acids is 2. The molecule has 10 heteroatoms. The van der Waals surface area contributed by atoms with Gasteiger partial charge in [0.05, 0.1) is 5.69 Å². The number of aromatic hydroxyl groups is 2. The third-order valence-corrected chi connectivity index (χ3v) is 3.09. The number of aromatic nitrogens is 4. The van der Waals surface area contributed by atoms with Crippen LogP contribution in [0.4, 0.5) is 4.79 Å². The summed E-state index contributed by atoms with van der Waals surface area (Å²) in [6.45, 7) is 2.28. The number of carbonyl (C=O) groups is 2. The van der Waals surface area contributed by atoms with Gasteiger partial charge in [-0.15, -0.1) is 0 Å². The molecular formula is C12H16N6O4. The van der Waals surface area contributed by atoms with Crippen LogP contribution in [-0.2, 0) is 11.8 Å². The third kappa shape index (κ3) is 3.05. The van der Waals surface area contributed by atoms with Crippen molar-refractivity contribution in [3.63, 3.8) is 0 Å². The maximum Gasteiger partial charge on any atom is 0.323 e. The number of aryl methyl sites for hydroxylation is 2. The topological polar surface area (TPSA) is 133 Å². The van der Waals surface area contributed by atoms with E-state index in [9.17, 15) is 14.7 Å². The van der Waals surface area contributed by atoms with Gasteiger partial charge in [0.15, 0.2) is 0 Å². The van der Waals surface area contributed by atoms with E-state index in [1.54, 1.807) is 21.0 Å². The van der Waals surface area contributed by atoms with Crippen LogP contribution < -0.4 is 5.32 Å². The van der Waals surface area contributed by atoms with E-state index in [1.165, 1.54) is 9.58 Å². The van der Waals surface area contributed by atoms with Gasteiger partial charge in [-0.1, -0.05) is 0 Å². The molecule has 22 heavy (non-hydrogen) atoms. The monoisotopic (exact) mass is 308 g/mol. The summed E-state index contributed by atoms with van der Waals surface area (Å²) in [6.07, 6.45) is 0.419. The minimum Gasteiger partial charge on any atom is -0.492 e. The summed E-state index contributed by atoms with van der Waals surface area (Å²) in [6, 6.07) is -0.743. The van der Waals surface area contributed by atoms with Crippen molar-refractivity contribution in [3.05, 3.63) is 5.69 Å². The van der Waals surface area contributed by atoms with Crippen LogP contribution in [0.1, 0.15) is 12.1 Å². The highest BCUT2D eigenvalue weighted by Crippen LogP contribution is 2.24. The van der Waals surface area contributed by atoms with Crippen molar-refractivity contribution in [2.45, 2.75) is 13.3 Å². The predicted molar refractivity (Wildman–Crippen MR) is 75.2 cm³/mol. The largest absolute Gasteiger partial charge is 0.492 e. The Hall–Kier alpha value is -2.91. The Labute approximate surface area is 125 Å². The van der Waals surface area contributed by atoms with Crippen molar-refractivity contribution in [1.82, 2.24) is 30.0 Å². The molecule has 0 atom stereocenters. The fourth-order valence-electron chi connectivity index (χ4n) is 1.95. The van der Waals surface area contributed by atoms with Gasteiger partial charge in [-0.05, 0) is 6.92 Å². The maximum absolute atomic E-state index is 10.6. The first kappa shape index (κ1) is 15.5. The van der Waals surface area contributed by atoms with Crippen LogP contribution in [0.3, 0.4) is 0 Å². The zero-order valence-electron chi connectivity index (χ0n) is 12.4. The number of urea groups is 1. The Morgan fingerprint density at radius 3 is 2.45 bits per heavy atom. The summed E-state index contributed by atoms with van der Waals surface area (Å²) in [5, 5.41) is 24.6. The molecule has 10 nitrogen and oxygen atoms in total. The zero-order valence-corrected chi connectivity index (χ0v) is 12.4. The number of nitrogens with one attached hydrogen (secondary N) is 1. The van der Waals surface area contributed by atoms with E-state index in [4.69, 9.17) is 5.11 Å². The Balaban J connectivity index is 0.000000172. The molecule has 3 N–H and O–H groups in total. The molecule has 1 aliphatic rings. The lowest BCUT2D eigenvalue weighted by Crippen LogP contribution is -2.47. The van der Waals surface area contributed by atoms with Crippen LogP contribution in [0, 0.1) is 6.92 Å².